The highest BCUT2D eigenvalue weighted by molar-refractivity contribution is 8.00. The molecule has 0 fully saturated rings. The summed E-state index contributed by atoms with van der Waals surface area (Å²) in [5.74, 6) is 0.0458. The number of halogens is 2. The highest BCUT2D eigenvalue weighted by Gasteiger charge is 2.38. The van der Waals surface area contributed by atoms with Crippen LogP contribution in [0, 0.1) is 0 Å². The van der Waals surface area contributed by atoms with Gasteiger partial charge in [0.2, 0.25) is 0 Å². The molecule has 0 unspecified atom stereocenters. The number of thioether (sulfide) groups is 1. The largest absolute Gasteiger partial charge is 0.354 e. The second-order valence-corrected chi connectivity index (χ2v) is 8.44. The Labute approximate surface area is 171 Å². The molecule has 1 atom stereocenters. The fourth-order valence-electron chi connectivity index (χ4n) is 3.61. The number of ketones is 1. The van der Waals surface area contributed by atoms with Gasteiger partial charge in [-0.25, -0.2) is 0 Å². The molecule has 1 aliphatic carbocycles. The Hall–Kier alpha value is -2.20. The van der Waals surface area contributed by atoms with Gasteiger partial charge in [-0.3, -0.25) is 4.79 Å². The predicted molar refractivity (Wildman–Crippen MR) is 113 cm³/mol. The van der Waals surface area contributed by atoms with Crippen LogP contribution in [-0.2, 0) is 0 Å². The van der Waals surface area contributed by atoms with Crippen LogP contribution < -0.4 is 5.32 Å². The van der Waals surface area contributed by atoms with E-state index in [1.54, 1.807) is 17.8 Å². The molecule has 0 aromatic heterocycles. The molecule has 3 aromatic carbocycles. The van der Waals surface area contributed by atoms with E-state index in [1.165, 1.54) is 0 Å². The number of hydrogen-bond acceptors (Lipinski definition) is 3. The van der Waals surface area contributed by atoms with Crippen LogP contribution in [0.15, 0.2) is 77.2 Å². The molecule has 5 rings (SSSR count). The second-order valence-electron chi connectivity index (χ2n) is 6.45. The van der Waals surface area contributed by atoms with Crippen LogP contribution in [0.2, 0.25) is 10.0 Å². The maximum atomic E-state index is 13.3. The van der Waals surface area contributed by atoms with Crippen LogP contribution in [-0.4, -0.2) is 5.78 Å². The van der Waals surface area contributed by atoms with Gasteiger partial charge in [-0.15, -0.1) is 11.8 Å². The van der Waals surface area contributed by atoms with Crippen LogP contribution in [0.1, 0.15) is 26.7 Å². The van der Waals surface area contributed by atoms with E-state index >= 15 is 0 Å². The topological polar surface area (TPSA) is 29.1 Å². The summed E-state index contributed by atoms with van der Waals surface area (Å²) in [7, 11) is 0. The Balaban J connectivity index is 1.77. The van der Waals surface area contributed by atoms with Gasteiger partial charge in [-0.2, -0.15) is 0 Å². The van der Waals surface area contributed by atoms with Gasteiger partial charge in [-0.1, -0.05) is 65.7 Å². The number of hydrogen-bond donors (Lipinski definition) is 1. The normalized spacial score (nSPS) is 17.7. The minimum absolute atomic E-state index is 0.0458. The molecular weight excluding hydrogens is 397 g/mol. The van der Waals surface area contributed by atoms with E-state index in [4.69, 9.17) is 23.2 Å². The lowest BCUT2D eigenvalue weighted by Crippen LogP contribution is -2.08. The number of nitrogens with one attached hydrogen (secondary N) is 1. The van der Waals surface area contributed by atoms with Gasteiger partial charge in [0.15, 0.2) is 5.78 Å². The van der Waals surface area contributed by atoms with Crippen molar-refractivity contribution in [2.24, 2.45) is 0 Å². The molecule has 27 heavy (non-hydrogen) atoms. The summed E-state index contributed by atoms with van der Waals surface area (Å²) in [5, 5.41) is 4.43. The molecule has 0 bridgehead atoms. The molecule has 0 amide bonds. The molecule has 3 aromatic rings. The van der Waals surface area contributed by atoms with E-state index in [0.29, 0.717) is 10.0 Å². The SMILES string of the molecule is O=C1C2=C(Nc3ccccc3S[C@@H]2c2ccc(Cl)cc2Cl)c2ccccc21. The summed E-state index contributed by atoms with van der Waals surface area (Å²) in [6.45, 7) is 0. The smallest absolute Gasteiger partial charge is 0.193 e. The van der Waals surface area contributed by atoms with Crippen molar-refractivity contribution in [3.63, 3.8) is 0 Å². The average Bonchev–Trinajstić information content (AvgIpc) is 2.84. The lowest BCUT2D eigenvalue weighted by Gasteiger charge is -2.18. The highest BCUT2D eigenvalue weighted by atomic mass is 35.5. The van der Waals surface area contributed by atoms with Crippen molar-refractivity contribution >= 4 is 52.1 Å². The molecule has 1 aliphatic heterocycles. The van der Waals surface area contributed by atoms with Crippen LogP contribution in [0.4, 0.5) is 5.69 Å². The molecule has 2 nitrogen and oxygen atoms in total. The first-order valence-electron chi connectivity index (χ1n) is 8.49. The predicted octanol–water partition coefficient (Wildman–Crippen LogP) is 6.86. The number of rotatable bonds is 1. The Morgan fingerprint density at radius 2 is 1.63 bits per heavy atom. The van der Waals surface area contributed by atoms with Crippen LogP contribution >= 0.6 is 35.0 Å². The van der Waals surface area contributed by atoms with Crippen molar-refractivity contribution in [1.29, 1.82) is 0 Å². The molecule has 1 heterocycles. The lowest BCUT2D eigenvalue weighted by molar-refractivity contribution is 0.103. The first-order valence-corrected chi connectivity index (χ1v) is 10.1. The van der Waals surface area contributed by atoms with E-state index in [9.17, 15) is 4.79 Å². The lowest BCUT2D eigenvalue weighted by atomic mass is 10.0. The van der Waals surface area contributed by atoms with Crippen LogP contribution in [0.3, 0.4) is 0 Å². The third-order valence-electron chi connectivity index (χ3n) is 4.85. The van der Waals surface area contributed by atoms with Gasteiger partial charge >= 0.3 is 0 Å². The summed E-state index contributed by atoms with van der Waals surface area (Å²) in [6.07, 6.45) is 0. The quantitative estimate of drug-likeness (QED) is 0.475. The second kappa shape index (κ2) is 6.45. The van der Waals surface area contributed by atoms with Crippen LogP contribution in [0.25, 0.3) is 5.70 Å². The van der Waals surface area contributed by atoms with Gasteiger partial charge in [0.25, 0.3) is 0 Å². The van der Waals surface area contributed by atoms with E-state index in [1.807, 2.05) is 54.6 Å². The number of carbonyl (C=O) groups excluding carboxylic acids is 1. The molecule has 0 saturated carbocycles. The van der Waals surface area contributed by atoms with Gasteiger partial charge in [-0.05, 0) is 29.8 Å². The van der Waals surface area contributed by atoms with Crippen LogP contribution in [0.5, 0.6) is 0 Å². The van der Waals surface area contributed by atoms with Crippen molar-refractivity contribution < 1.29 is 4.79 Å². The summed E-state index contributed by atoms with van der Waals surface area (Å²) in [5.41, 5.74) is 5.14. The molecule has 132 valence electrons. The number of anilines is 1. The molecule has 0 saturated heterocycles. The van der Waals surface area contributed by atoms with Gasteiger partial charge < -0.3 is 5.32 Å². The highest BCUT2D eigenvalue weighted by Crippen LogP contribution is 2.53. The molecular formula is C22H13Cl2NOS. The van der Waals surface area contributed by atoms with Crippen molar-refractivity contribution in [3.8, 4) is 0 Å². The maximum Gasteiger partial charge on any atom is 0.193 e. The third kappa shape index (κ3) is 2.69. The zero-order valence-electron chi connectivity index (χ0n) is 14.0. The van der Waals surface area contributed by atoms with E-state index < -0.39 is 0 Å². The molecule has 1 N–H and O–H groups in total. The van der Waals surface area contributed by atoms with Crippen molar-refractivity contribution in [1.82, 2.24) is 0 Å². The molecule has 5 heteroatoms. The van der Waals surface area contributed by atoms with E-state index in [-0.39, 0.29) is 11.0 Å². The number of Topliss-reactive ketones (excluding diaryl/α,β-unsaturated/α-hetero) is 1. The number of para-hydroxylation sites is 1. The van der Waals surface area contributed by atoms with Crippen molar-refractivity contribution in [2.45, 2.75) is 10.1 Å². The summed E-state index contributed by atoms with van der Waals surface area (Å²) < 4.78 is 0. The zero-order chi connectivity index (χ0) is 18.5. The van der Waals surface area contributed by atoms with Gasteiger partial charge in [0.1, 0.15) is 0 Å². The number of benzene rings is 3. The first-order chi connectivity index (χ1) is 13.1. The van der Waals surface area contributed by atoms with Crippen molar-refractivity contribution in [2.75, 3.05) is 5.32 Å². The van der Waals surface area contributed by atoms with Gasteiger partial charge in [0.05, 0.1) is 16.6 Å². The Bertz CT molecular complexity index is 1140. The fourth-order valence-corrected chi connectivity index (χ4v) is 5.53. The standard InChI is InChI=1S/C22H13Cl2NOS/c23-12-9-10-15(16(24)11-12)22-19-20(13-5-1-2-6-14(13)21(19)26)25-17-7-3-4-8-18(17)27-22/h1-11,22,25H/t22-/m1/s1. The average molecular weight is 410 g/mol. The Morgan fingerprint density at radius 1 is 0.889 bits per heavy atom. The maximum absolute atomic E-state index is 13.3. The summed E-state index contributed by atoms with van der Waals surface area (Å²) >= 11 is 14.3. The Morgan fingerprint density at radius 3 is 2.44 bits per heavy atom. The van der Waals surface area contributed by atoms with Crippen molar-refractivity contribution in [3.05, 3.63) is 99.0 Å². The van der Waals surface area contributed by atoms with E-state index in [0.717, 1.165) is 38.5 Å². The molecule has 2 aliphatic rings. The van der Waals surface area contributed by atoms with Gasteiger partial charge in [0, 0.05) is 31.6 Å². The summed E-state index contributed by atoms with van der Waals surface area (Å²) in [4.78, 5) is 14.4. The van der Waals surface area contributed by atoms with E-state index in [2.05, 4.69) is 11.4 Å². The fraction of sp³-hybridized carbons (Fsp3) is 0.0455. The first kappa shape index (κ1) is 16.9. The minimum atomic E-state index is -0.221. The molecule has 0 radical (unpaired) electrons. The minimum Gasteiger partial charge on any atom is -0.354 e. The Kier molecular flexibility index (Phi) is 4.05. The number of fused-ring (bicyclic) bond motifs is 3. The monoisotopic (exact) mass is 409 g/mol. The third-order valence-corrected chi connectivity index (χ3v) is 6.75. The molecule has 0 spiro atoms. The number of carbonyl (C=O) groups is 1. The zero-order valence-corrected chi connectivity index (χ0v) is 16.3. The summed E-state index contributed by atoms with van der Waals surface area (Å²) in [6, 6.07) is 21.3.